The van der Waals surface area contributed by atoms with Crippen LogP contribution in [0.1, 0.15) is 69.9 Å². The Balaban J connectivity index is 1.36. The molecule has 11 heteroatoms. The van der Waals surface area contributed by atoms with Crippen LogP contribution >= 0.6 is 0 Å². The number of amides is 4. The summed E-state index contributed by atoms with van der Waals surface area (Å²) < 4.78 is 5.87. The lowest BCUT2D eigenvalue weighted by atomic mass is 10.0. The number of allylic oxidation sites excluding steroid dienone is 1. The van der Waals surface area contributed by atoms with E-state index < -0.39 is 47.6 Å². The zero-order valence-corrected chi connectivity index (χ0v) is 24.9. The number of nitrogens with one attached hydrogen (secondary N) is 2. The molecule has 2 fully saturated rings. The fourth-order valence-corrected chi connectivity index (χ4v) is 6.35. The van der Waals surface area contributed by atoms with E-state index in [9.17, 15) is 29.1 Å². The lowest BCUT2D eigenvalue weighted by molar-refractivity contribution is -0.146. The summed E-state index contributed by atoms with van der Waals surface area (Å²) in [6, 6.07) is 6.04. The Morgan fingerprint density at radius 2 is 1.88 bits per heavy atom. The maximum Gasteiger partial charge on any atom is 0.410 e. The third kappa shape index (κ3) is 6.70. The molecule has 43 heavy (non-hydrogen) atoms. The topological polar surface area (TPSA) is 145 Å². The standard InChI is InChI=1S/C32H42N4O7/c1-20(2)27(37)33-25-13-7-5-3-4-6-12-23-17-32(23,30(40)41)34-28(38)26-16-24(19-36(26)29(25)39)43-31(42)35-15-14-21-10-8-9-11-22(21)18-35/h6,8-12,20,23-26H,3-5,7,13-19H2,1-2H3,(H,33,37)(H,34,38)(H,40,41)/t23-,24-,25+,26+,32-/m1/s1. The first-order valence-electron chi connectivity index (χ1n) is 15.4. The summed E-state index contributed by atoms with van der Waals surface area (Å²) in [7, 11) is 0. The number of rotatable bonds is 4. The number of hydrogen-bond donors (Lipinski definition) is 3. The van der Waals surface area contributed by atoms with Crippen LogP contribution in [0.2, 0.25) is 0 Å². The molecule has 5 atom stereocenters. The SMILES string of the molecule is CC(C)C(=O)N[C@H]1CCCCCC=C[C@@H]2C[C@@]2(C(=O)O)NC(=O)[C@@H]2C[C@@H](OC(=O)N3CCc4ccccc4C3)CN2C1=O. The monoisotopic (exact) mass is 594 g/mol. The van der Waals surface area contributed by atoms with Gasteiger partial charge in [-0.3, -0.25) is 14.4 Å². The van der Waals surface area contributed by atoms with Crippen LogP contribution in [0.25, 0.3) is 0 Å². The molecule has 1 saturated heterocycles. The molecule has 5 rings (SSSR count). The van der Waals surface area contributed by atoms with Crippen LogP contribution in [0.5, 0.6) is 0 Å². The van der Waals surface area contributed by atoms with Crippen LogP contribution in [-0.4, -0.2) is 81.5 Å². The number of carbonyl (C=O) groups excluding carboxylic acids is 4. The van der Waals surface area contributed by atoms with E-state index in [4.69, 9.17) is 4.74 Å². The van der Waals surface area contributed by atoms with Gasteiger partial charge in [0.25, 0.3) is 0 Å². The number of ether oxygens (including phenoxy) is 1. The molecule has 1 aromatic rings. The van der Waals surface area contributed by atoms with E-state index in [2.05, 4.69) is 10.6 Å². The van der Waals surface area contributed by atoms with E-state index in [0.29, 0.717) is 32.4 Å². The number of hydrogen-bond acceptors (Lipinski definition) is 6. The lowest BCUT2D eigenvalue weighted by Gasteiger charge is -2.30. The molecule has 3 aliphatic heterocycles. The molecule has 0 bridgehead atoms. The first kappa shape index (κ1) is 30.6. The largest absolute Gasteiger partial charge is 0.479 e. The van der Waals surface area contributed by atoms with Crippen LogP contribution in [-0.2, 0) is 36.9 Å². The summed E-state index contributed by atoms with van der Waals surface area (Å²) >= 11 is 0. The molecule has 0 spiro atoms. The number of carbonyl (C=O) groups is 5. The van der Waals surface area contributed by atoms with E-state index in [1.807, 2.05) is 36.4 Å². The van der Waals surface area contributed by atoms with E-state index in [1.165, 1.54) is 10.5 Å². The molecule has 0 radical (unpaired) electrons. The Bertz CT molecular complexity index is 1300. The number of fused-ring (bicyclic) bond motifs is 3. The average Bonchev–Trinajstić information content (AvgIpc) is 3.52. The predicted molar refractivity (Wildman–Crippen MR) is 157 cm³/mol. The Hall–Kier alpha value is -3.89. The van der Waals surface area contributed by atoms with E-state index >= 15 is 0 Å². The summed E-state index contributed by atoms with van der Waals surface area (Å²) in [5.41, 5.74) is 0.815. The minimum absolute atomic E-state index is 0.0233. The van der Waals surface area contributed by atoms with Crippen molar-refractivity contribution in [3.05, 3.63) is 47.5 Å². The Kier molecular flexibility index (Phi) is 9.08. The second-order valence-electron chi connectivity index (χ2n) is 12.5. The molecule has 0 unspecified atom stereocenters. The van der Waals surface area contributed by atoms with E-state index in [1.54, 1.807) is 18.7 Å². The van der Waals surface area contributed by atoms with Gasteiger partial charge in [0.05, 0.1) is 6.54 Å². The zero-order chi connectivity index (χ0) is 30.7. The summed E-state index contributed by atoms with van der Waals surface area (Å²) in [4.78, 5) is 68.8. The van der Waals surface area contributed by atoms with E-state index in [0.717, 1.165) is 24.8 Å². The number of carboxylic acid groups (broad SMARTS) is 1. The van der Waals surface area contributed by atoms with Gasteiger partial charge in [0, 0.05) is 31.3 Å². The number of benzene rings is 1. The molecule has 3 heterocycles. The summed E-state index contributed by atoms with van der Waals surface area (Å²) in [6.45, 7) is 4.38. The zero-order valence-electron chi connectivity index (χ0n) is 24.9. The highest BCUT2D eigenvalue weighted by atomic mass is 16.6. The van der Waals surface area contributed by atoms with Crippen LogP contribution in [0.3, 0.4) is 0 Å². The van der Waals surface area contributed by atoms with Crippen LogP contribution in [0.15, 0.2) is 36.4 Å². The van der Waals surface area contributed by atoms with Gasteiger partial charge in [-0.05, 0) is 43.2 Å². The van der Waals surface area contributed by atoms with Gasteiger partial charge in [-0.25, -0.2) is 9.59 Å². The number of nitrogens with zero attached hydrogens (tertiary/aromatic N) is 2. The first-order chi connectivity index (χ1) is 20.6. The summed E-state index contributed by atoms with van der Waals surface area (Å²) in [5.74, 6) is -3.08. The average molecular weight is 595 g/mol. The highest BCUT2D eigenvalue weighted by molar-refractivity contribution is 5.96. The maximum atomic E-state index is 14.0. The van der Waals surface area contributed by atoms with Crippen LogP contribution in [0.4, 0.5) is 4.79 Å². The lowest BCUT2D eigenvalue weighted by Crippen LogP contribution is -2.56. The first-order valence-corrected chi connectivity index (χ1v) is 15.4. The quantitative estimate of drug-likeness (QED) is 0.455. The fourth-order valence-electron chi connectivity index (χ4n) is 6.35. The molecule has 1 aliphatic carbocycles. The van der Waals surface area contributed by atoms with Gasteiger partial charge in [0.2, 0.25) is 17.7 Å². The minimum atomic E-state index is -1.43. The van der Waals surface area contributed by atoms with Gasteiger partial charge < -0.3 is 30.3 Å². The molecular weight excluding hydrogens is 552 g/mol. The smallest absolute Gasteiger partial charge is 0.410 e. The molecule has 232 valence electrons. The second kappa shape index (κ2) is 12.8. The van der Waals surface area contributed by atoms with Crippen molar-refractivity contribution in [2.45, 2.75) is 95.5 Å². The van der Waals surface area contributed by atoms with Crippen molar-refractivity contribution in [2.24, 2.45) is 11.8 Å². The van der Waals surface area contributed by atoms with Crippen molar-refractivity contribution in [2.75, 3.05) is 13.1 Å². The van der Waals surface area contributed by atoms with Crippen molar-refractivity contribution >= 4 is 29.8 Å². The van der Waals surface area contributed by atoms with Crippen molar-refractivity contribution in [1.29, 1.82) is 0 Å². The molecule has 11 nitrogen and oxygen atoms in total. The number of carboxylic acids is 1. The molecule has 4 amide bonds. The van der Waals surface area contributed by atoms with Gasteiger partial charge in [0.15, 0.2) is 0 Å². The van der Waals surface area contributed by atoms with Crippen molar-refractivity contribution in [1.82, 2.24) is 20.4 Å². The Morgan fingerprint density at radius 1 is 1.12 bits per heavy atom. The molecule has 4 aliphatic rings. The fraction of sp³-hybridized carbons (Fsp3) is 0.594. The van der Waals surface area contributed by atoms with Crippen LogP contribution in [0, 0.1) is 11.8 Å². The van der Waals surface area contributed by atoms with Gasteiger partial charge >= 0.3 is 12.1 Å². The third-order valence-corrected chi connectivity index (χ3v) is 9.12. The van der Waals surface area contributed by atoms with Crippen molar-refractivity contribution < 1.29 is 33.8 Å². The molecular formula is C32H42N4O7. The molecule has 0 aromatic heterocycles. The van der Waals surface area contributed by atoms with Gasteiger partial charge in [0.1, 0.15) is 23.7 Å². The summed E-state index contributed by atoms with van der Waals surface area (Å²) in [5, 5.41) is 15.6. The van der Waals surface area contributed by atoms with Crippen molar-refractivity contribution in [3.8, 4) is 0 Å². The summed E-state index contributed by atoms with van der Waals surface area (Å²) in [6.07, 6.45) is 7.11. The van der Waals surface area contributed by atoms with Gasteiger partial charge in [-0.15, -0.1) is 0 Å². The van der Waals surface area contributed by atoms with Crippen LogP contribution < -0.4 is 10.6 Å². The Labute approximate surface area is 252 Å². The molecule has 1 aromatic carbocycles. The minimum Gasteiger partial charge on any atom is -0.479 e. The van der Waals surface area contributed by atoms with E-state index in [-0.39, 0.29) is 37.1 Å². The van der Waals surface area contributed by atoms with Crippen molar-refractivity contribution in [3.63, 3.8) is 0 Å². The molecule has 1 saturated carbocycles. The van der Waals surface area contributed by atoms with Gasteiger partial charge in [-0.1, -0.05) is 63.1 Å². The molecule has 3 N–H and O–H groups in total. The highest BCUT2D eigenvalue weighted by Gasteiger charge is 2.61. The second-order valence-corrected chi connectivity index (χ2v) is 12.5. The predicted octanol–water partition coefficient (Wildman–Crippen LogP) is 2.77. The third-order valence-electron chi connectivity index (χ3n) is 9.12. The number of aliphatic carboxylic acids is 1. The van der Waals surface area contributed by atoms with Gasteiger partial charge in [-0.2, -0.15) is 0 Å². The highest BCUT2D eigenvalue weighted by Crippen LogP contribution is 2.45. The Morgan fingerprint density at radius 3 is 2.63 bits per heavy atom. The maximum absolute atomic E-state index is 14.0. The normalized spacial score (nSPS) is 29.4.